The highest BCUT2D eigenvalue weighted by Crippen LogP contribution is 2.48. The van der Waals surface area contributed by atoms with Gasteiger partial charge >= 0.3 is 47.8 Å². The van der Waals surface area contributed by atoms with Crippen molar-refractivity contribution in [2.24, 2.45) is 0 Å². The number of nitrogens with one attached hydrogen (secondary N) is 2. The van der Waals surface area contributed by atoms with Gasteiger partial charge in [0.25, 0.3) is 0 Å². The van der Waals surface area contributed by atoms with E-state index in [1.807, 2.05) is 0 Å². The summed E-state index contributed by atoms with van der Waals surface area (Å²) in [6.45, 7) is 0. The first kappa shape index (κ1) is 65.7. The van der Waals surface area contributed by atoms with E-state index >= 15 is 0 Å². The first-order chi connectivity index (χ1) is 38.3. The van der Waals surface area contributed by atoms with Gasteiger partial charge in [0, 0.05) is 51.4 Å². The minimum Gasteiger partial charge on any atom is -0.481 e. The Morgan fingerprint density at radius 2 is 0.438 bits per heavy atom. The molecule has 0 atom stereocenters. The van der Waals surface area contributed by atoms with E-state index in [1.165, 1.54) is 94.1 Å². The van der Waals surface area contributed by atoms with Crippen LogP contribution >= 0.6 is 94.1 Å². The summed E-state index contributed by atoms with van der Waals surface area (Å²) in [5.74, 6) is -5.42. The molecular formula is C48H58N8O16S8. The summed E-state index contributed by atoms with van der Waals surface area (Å²) < 4.78 is 0. The zero-order valence-electron chi connectivity index (χ0n) is 42.8. The lowest BCUT2D eigenvalue weighted by atomic mass is 10.3. The van der Waals surface area contributed by atoms with Crippen LogP contribution in [0, 0.1) is 0 Å². The first-order valence-electron chi connectivity index (χ1n) is 24.9. The normalized spacial score (nSPS) is 12.3. The van der Waals surface area contributed by atoms with Crippen LogP contribution < -0.4 is 0 Å². The highest BCUT2D eigenvalue weighted by molar-refractivity contribution is 8.14. The Hall–Kier alpha value is -5.12. The number of carboxylic acids is 8. The average Bonchev–Trinajstić information content (AvgIpc) is 4.08. The van der Waals surface area contributed by atoms with E-state index in [4.69, 9.17) is 29.9 Å². The number of hydrogen-bond donors (Lipinski definition) is 10. The van der Waals surface area contributed by atoms with Gasteiger partial charge in [-0.2, -0.15) is 0 Å². The van der Waals surface area contributed by atoms with Crippen molar-refractivity contribution >= 4 is 184 Å². The topological polar surface area (TPSA) is 407 Å². The van der Waals surface area contributed by atoms with Crippen LogP contribution in [0.3, 0.4) is 0 Å². The van der Waals surface area contributed by atoms with Crippen molar-refractivity contribution in [2.45, 2.75) is 122 Å². The van der Waals surface area contributed by atoms with Gasteiger partial charge in [0.2, 0.25) is 0 Å². The number of aromatic amines is 2. The summed E-state index contributed by atoms with van der Waals surface area (Å²) >= 11 is 10.2. The Balaban J connectivity index is 2.00. The van der Waals surface area contributed by atoms with Crippen molar-refractivity contribution in [3.05, 3.63) is 23.3 Å². The molecule has 0 radical (unpaired) electrons. The van der Waals surface area contributed by atoms with Crippen molar-refractivity contribution in [3.63, 3.8) is 0 Å². The summed E-state index contributed by atoms with van der Waals surface area (Å²) in [5.41, 5.74) is 0.904. The standard InChI is InChI=1S/C48H58N8O16S8/c57-25(58)9-1-17-73-33-34(74-18-2-10-26(59)60)42-49-41(33)53-43-35(75-19-3-11-27(61)62)36(76-20-4-12-28(63)64)45(50-43)55-47-39(79-23-7-15-31(69)70)40(80-24-8-16-32(71)72)48(52-47)56-46-38(78-22-6-14-30(67)68)37(44(51-46)54-42)77-21-5-13-29(65)66/h1-24H2,(H,57,58)(H,59,60)(H,61,62)(H,63,64)(H,65,66)(H,67,68)(H,69,70)(H,71,72)(H2,49,50,51,52,53,54,55,56). The van der Waals surface area contributed by atoms with Gasteiger partial charge in [-0.25, -0.2) is 29.9 Å². The number of thioether (sulfide) groups is 8. The van der Waals surface area contributed by atoms with Crippen LogP contribution in [0.5, 0.6) is 0 Å². The third kappa shape index (κ3) is 22.0. The first-order valence-corrected chi connectivity index (χ1v) is 32.8. The Bertz CT molecular complexity index is 2820. The molecule has 32 heteroatoms. The Morgan fingerprint density at radius 1 is 0.263 bits per heavy atom. The monoisotopic (exact) mass is 1260 g/mol. The number of hydrogen-bond acceptors (Lipinski definition) is 22. The number of aromatic nitrogens is 8. The molecule has 0 aromatic carbocycles. The molecule has 2 aliphatic rings. The van der Waals surface area contributed by atoms with Gasteiger partial charge in [0.15, 0.2) is 23.3 Å². The number of rotatable bonds is 40. The number of carboxylic acid groups (broad SMARTS) is 8. The molecule has 0 saturated carbocycles. The van der Waals surface area contributed by atoms with Gasteiger partial charge in [0.1, 0.15) is 22.6 Å². The lowest BCUT2D eigenvalue weighted by Crippen LogP contribution is -1.97. The van der Waals surface area contributed by atoms with Crippen LogP contribution in [0.25, 0.3) is 42.2 Å². The molecule has 0 saturated heterocycles. The van der Waals surface area contributed by atoms with E-state index in [2.05, 4.69) is 9.97 Å². The molecule has 3 aromatic rings. The van der Waals surface area contributed by atoms with E-state index in [1.54, 1.807) is 0 Å². The molecular weight excluding hydrogens is 1200 g/mol. The molecule has 0 fully saturated rings. The summed E-state index contributed by atoms with van der Waals surface area (Å²) in [6.07, 6.45) is 0.660. The molecule has 3 aromatic heterocycles. The maximum Gasteiger partial charge on any atom is 0.303 e. The van der Waals surface area contributed by atoms with Gasteiger partial charge in [-0.3, -0.25) is 38.4 Å². The summed E-state index contributed by atoms with van der Waals surface area (Å²) in [7, 11) is 0. The summed E-state index contributed by atoms with van der Waals surface area (Å²) in [4.78, 5) is 135. The molecule has 434 valence electrons. The van der Waals surface area contributed by atoms with Gasteiger partial charge in [-0.05, 0) is 97.4 Å². The van der Waals surface area contributed by atoms with E-state index in [0.29, 0.717) is 39.2 Å². The molecule has 10 N–H and O–H groups in total. The highest BCUT2D eigenvalue weighted by atomic mass is 32.2. The van der Waals surface area contributed by atoms with Gasteiger partial charge < -0.3 is 50.8 Å². The molecule has 5 rings (SSSR count). The van der Waals surface area contributed by atoms with E-state index in [0.717, 1.165) is 0 Å². The third-order valence-electron chi connectivity index (χ3n) is 10.5. The zero-order valence-corrected chi connectivity index (χ0v) is 49.3. The van der Waals surface area contributed by atoms with Gasteiger partial charge in [-0.15, -0.1) is 94.1 Å². The molecule has 5 heterocycles. The van der Waals surface area contributed by atoms with E-state index < -0.39 is 47.8 Å². The molecule has 80 heavy (non-hydrogen) atoms. The fourth-order valence-electron chi connectivity index (χ4n) is 6.97. The maximum absolute atomic E-state index is 11.7. The van der Waals surface area contributed by atoms with Crippen LogP contribution in [-0.4, -0.2) is 175 Å². The van der Waals surface area contributed by atoms with Crippen LogP contribution in [-0.2, 0) is 38.4 Å². The second kappa shape index (κ2) is 34.4. The molecule has 0 aliphatic carbocycles. The lowest BCUT2D eigenvalue weighted by molar-refractivity contribution is -0.138. The van der Waals surface area contributed by atoms with E-state index in [9.17, 15) is 79.2 Å². The van der Waals surface area contributed by atoms with Crippen molar-refractivity contribution in [1.29, 1.82) is 0 Å². The Morgan fingerprint density at radius 3 is 0.637 bits per heavy atom. The number of H-pyrrole nitrogens is 2. The minimum absolute atomic E-state index is 0.100. The minimum atomic E-state index is -1.01. The number of nitrogens with zero attached hydrogens (tertiary/aromatic N) is 6. The quantitative estimate of drug-likeness (QED) is 0.0187. The molecule has 0 amide bonds. The van der Waals surface area contributed by atoms with Crippen LogP contribution in [0.2, 0.25) is 0 Å². The Kier molecular flexibility index (Phi) is 28.2. The summed E-state index contributed by atoms with van der Waals surface area (Å²) in [5, 5.41) is 76.5. The van der Waals surface area contributed by atoms with Crippen molar-refractivity contribution in [3.8, 4) is 0 Å². The van der Waals surface area contributed by atoms with Crippen LogP contribution in [0.1, 0.15) is 126 Å². The van der Waals surface area contributed by atoms with E-state index in [-0.39, 0.29) is 195 Å². The fourth-order valence-corrected chi connectivity index (χ4v) is 15.9. The highest BCUT2D eigenvalue weighted by Gasteiger charge is 2.30. The Labute approximate surface area is 491 Å². The van der Waals surface area contributed by atoms with Crippen molar-refractivity contribution in [2.75, 3.05) is 46.0 Å². The van der Waals surface area contributed by atoms with Crippen LogP contribution in [0.4, 0.5) is 0 Å². The number of carbonyl (C=O) groups is 8. The van der Waals surface area contributed by atoms with Gasteiger partial charge in [-0.1, -0.05) is 0 Å². The molecule has 2 aliphatic heterocycles. The molecule has 0 unspecified atom stereocenters. The predicted octanol–water partition coefficient (Wildman–Crippen LogP) is 9.77. The lowest BCUT2D eigenvalue weighted by Gasteiger charge is -2.08. The van der Waals surface area contributed by atoms with Crippen molar-refractivity contribution < 1.29 is 79.2 Å². The second-order valence-corrected chi connectivity index (χ2v) is 25.9. The number of fused-ring (bicyclic) bond motifs is 8. The zero-order chi connectivity index (χ0) is 58.1. The maximum atomic E-state index is 11.7. The van der Waals surface area contributed by atoms with Gasteiger partial charge in [0.05, 0.1) is 39.2 Å². The fraction of sp³-hybridized carbons (Fsp3) is 0.500. The summed E-state index contributed by atoms with van der Waals surface area (Å²) in [6, 6.07) is 0. The third-order valence-corrected chi connectivity index (χ3v) is 20.4. The smallest absolute Gasteiger partial charge is 0.303 e. The van der Waals surface area contributed by atoms with Crippen molar-refractivity contribution in [1.82, 2.24) is 39.9 Å². The number of aliphatic carboxylic acids is 8. The van der Waals surface area contributed by atoms with Crippen LogP contribution in [0.15, 0.2) is 19.6 Å². The second-order valence-electron chi connectivity index (χ2n) is 17.0. The average molecular weight is 1260 g/mol. The molecule has 8 bridgehead atoms. The predicted molar refractivity (Wildman–Crippen MR) is 313 cm³/mol. The SMILES string of the molecule is O=C(O)CCCSC1=C(SCCCC(=O)O)c2nc1nc1nc(nc3[nH]c(nc4[nH]c(n2)c(SCCCC(=O)O)c4SCCCC(=O)O)c(SCCCC(=O)O)c3SCCCC(=O)O)C(SCCCC(=O)O)=C1SCCCC(=O)O. The largest absolute Gasteiger partial charge is 0.481 e. The molecule has 0 spiro atoms. The molecule has 24 nitrogen and oxygen atoms in total.